The number of ketones is 1. The second-order valence-corrected chi connectivity index (χ2v) is 22.2. The minimum atomic E-state index is -0.803. The van der Waals surface area contributed by atoms with Crippen molar-refractivity contribution in [3.63, 3.8) is 0 Å². The lowest BCUT2D eigenvalue weighted by Gasteiger charge is -2.63. The molecule has 5 N–H and O–H groups in total. The molecule has 13 nitrogen and oxygen atoms in total. The van der Waals surface area contributed by atoms with Gasteiger partial charge in [0.15, 0.2) is 5.78 Å². The van der Waals surface area contributed by atoms with Gasteiger partial charge in [-0.2, -0.15) is 5.26 Å². The van der Waals surface area contributed by atoms with E-state index >= 15 is 0 Å². The average Bonchev–Trinajstić information content (AvgIpc) is 3.63. The van der Waals surface area contributed by atoms with Gasteiger partial charge in [-0.1, -0.05) is 77.8 Å². The number of halogens is 1. The molecule has 0 saturated heterocycles. The normalized spacial score (nSPS) is 22.5. The number of anilines is 1. The molecule has 6 rings (SSSR count). The van der Waals surface area contributed by atoms with Crippen molar-refractivity contribution in [2.24, 2.45) is 28.1 Å². The van der Waals surface area contributed by atoms with Crippen molar-refractivity contribution in [3.8, 4) is 11.8 Å². The predicted octanol–water partition coefficient (Wildman–Crippen LogP) is 8.98. The van der Waals surface area contributed by atoms with Crippen LogP contribution >= 0.6 is 22.9 Å². The molecule has 15 heteroatoms. The van der Waals surface area contributed by atoms with Crippen molar-refractivity contribution in [2.75, 3.05) is 31.6 Å². The fraction of sp³-hybridized carbons (Fsp3) is 0.547. The zero-order valence-corrected chi connectivity index (χ0v) is 42.4. The summed E-state index contributed by atoms with van der Waals surface area (Å²) >= 11 is 7.89. The highest BCUT2D eigenvalue weighted by Crippen LogP contribution is 2.55. The van der Waals surface area contributed by atoms with Crippen molar-refractivity contribution in [2.45, 2.75) is 131 Å². The van der Waals surface area contributed by atoms with Crippen LogP contribution in [0.2, 0.25) is 5.02 Å². The zero-order chi connectivity index (χ0) is 49.4. The van der Waals surface area contributed by atoms with Gasteiger partial charge in [-0.05, 0) is 106 Å². The summed E-state index contributed by atoms with van der Waals surface area (Å²) in [5.74, 6) is -1.09. The second kappa shape index (κ2) is 22.6. The number of hydrogen-bond acceptors (Lipinski definition) is 11. The third kappa shape index (κ3) is 13.0. The Morgan fingerprint density at radius 1 is 0.985 bits per heavy atom. The molecule has 4 atom stereocenters. The van der Waals surface area contributed by atoms with Gasteiger partial charge in [0.25, 0.3) is 5.91 Å². The van der Waals surface area contributed by atoms with E-state index in [1.165, 1.54) is 10.5 Å². The lowest BCUT2D eigenvalue weighted by Crippen LogP contribution is -2.74. The number of carbonyl (C=O) groups is 4. The number of Topliss-reactive ketones (excluding diaryl/α,β-unsaturated/α-hetero) is 1. The average molecular weight is 970 g/mol. The standard InChI is InChI=1S/C53H69ClN6O7S/c1-32-45(68-31-58-32)34-13-11-33(12-14-34)29-57-47(64)37-16-15-36(25-40(61)26-37)44(63)46(51(2,3)4)59-43(62)30-66-24-10-9-23-56-39-20-17-35(18-21-39)48(65)60-49-52(5,6)50(53(49,7)8)67-41-22-19-38(28-55)42(54)27-41/h11,13,17-22,27,31,36-37,40,46,49-50,56,61H,9-10,12,14-16,23-26,29-30H2,1-8H3,(H,57,64)(H,59,62)(H,60,65)/t36?,37-,40-,46+,49?,50?/m0/s1. The number of aromatic nitrogens is 1. The molecule has 1 heterocycles. The Hall–Kier alpha value is -5.07. The van der Waals surface area contributed by atoms with E-state index in [-0.39, 0.29) is 59.5 Å². The first-order chi connectivity index (χ1) is 32.2. The van der Waals surface area contributed by atoms with Crippen LogP contribution in [0.4, 0.5) is 5.69 Å². The number of unbranched alkanes of at least 4 members (excludes halogenated alkanes) is 1. The van der Waals surface area contributed by atoms with Crippen LogP contribution in [0.3, 0.4) is 0 Å². The van der Waals surface area contributed by atoms with Crippen molar-refractivity contribution in [1.29, 1.82) is 5.26 Å². The molecule has 2 aromatic carbocycles. The van der Waals surface area contributed by atoms with Crippen LogP contribution < -0.4 is 26.0 Å². The topological polar surface area (TPSA) is 192 Å². The third-order valence-electron chi connectivity index (χ3n) is 13.8. The Kier molecular flexibility index (Phi) is 17.4. The van der Waals surface area contributed by atoms with Crippen molar-refractivity contribution in [3.05, 3.63) is 92.4 Å². The van der Waals surface area contributed by atoms with Crippen molar-refractivity contribution in [1.82, 2.24) is 20.9 Å². The first kappa shape index (κ1) is 52.3. The number of aliphatic hydroxyl groups excluding tert-OH is 1. The summed E-state index contributed by atoms with van der Waals surface area (Å²) in [4.78, 5) is 59.4. The summed E-state index contributed by atoms with van der Waals surface area (Å²) in [6.07, 6.45) is 7.91. The number of allylic oxidation sites excluding steroid dienone is 3. The molecule has 0 aliphatic heterocycles. The minimum Gasteiger partial charge on any atom is -0.489 e. The first-order valence-electron chi connectivity index (χ1n) is 23.9. The highest BCUT2D eigenvalue weighted by atomic mass is 35.5. The molecule has 3 aliphatic rings. The van der Waals surface area contributed by atoms with E-state index in [0.717, 1.165) is 36.2 Å². The first-order valence-corrected chi connectivity index (χ1v) is 25.1. The van der Waals surface area contributed by atoms with Crippen molar-refractivity contribution >= 4 is 57.7 Å². The summed E-state index contributed by atoms with van der Waals surface area (Å²) in [6.45, 7) is 17.3. The molecule has 68 heavy (non-hydrogen) atoms. The Morgan fingerprint density at radius 2 is 1.69 bits per heavy atom. The van der Waals surface area contributed by atoms with E-state index in [1.54, 1.807) is 41.7 Å². The molecule has 1 unspecified atom stereocenters. The van der Waals surface area contributed by atoms with E-state index in [1.807, 2.05) is 45.3 Å². The Balaban J connectivity index is 0.874. The maximum absolute atomic E-state index is 14.0. The van der Waals surface area contributed by atoms with Gasteiger partial charge in [-0.3, -0.25) is 19.2 Å². The van der Waals surface area contributed by atoms with E-state index < -0.39 is 29.4 Å². The number of rotatable bonds is 19. The third-order valence-corrected chi connectivity index (χ3v) is 15.1. The highest BCUT2D eigenvalue weighted by molar-refractivity contribution is 7.10. The lowest BCUT2D eigenvalue weighted by atomic mass is 9.49. The number of thiazole rings is 1. The summed E-state index contributed by atoms with van der Waals surface area (Å²) in [6, 6.07) is 13.5. The van der Waals surface area contributed by atoms with Gasteiger partial charge in [0.05, 0.1) is 38.8 Å². The van der Waals surface area contributed by atoms with Gasteiger partial charge < -0.3 is 35.8 Å². The molecule has 0 spiro atoms. The smallest absolute Gasteiger partial charge is 0.251 e. The maximum atomic E-state index is 14.0. The van der Waals surface area contributed by atoms with Gasteiger partial charge in [0, 0.05) is 65.7 Å². The maximum Gasteiger partial charge on any atom is 0.251 e. The van der Waals surface area contributed by atoms with E-state index in [0.29, 0.717) is 67.3 Å². The molecule has 3 amide bonds. The van der Waals surface area contributed by atoms with Gasteiger partial charge in [-0.25, -0.2) is 4.98 Å². The number of nitriles is 1. The molecule has 1 aromatic heterocycles. The second-order valence-electron chi connectivity index (χ2n) is 20.9. The molecule has 0 radical (unpaired) electrons. The Labute approximate surface area is 410 Å². The molecule has 3 aliphatic carbocycles. The lowest BCUT2D eigenvalue weighted by molar-refractivity contribution is -0.164. The van der Waals surface area contributed by atoms with Gasteiger partial charge in [0.1, 0.15) is 24.5 Å². The molecule has 3 aromatic rings. The highest BCUT2D eigenvalue weighted by Gasteiger charge is 2.64. The van der Waals surface area contributed by atoms with Crippen LogP contribution in [0.5, 0.6) is 5.75 Å². The molecule has 2 saturated carbocycles. The van der Waals surface area contributed by atoms with Crippen LogP contribution in [-0.2, 0) is 19.1 Å². The van der Waals surface area contributed by atoms with Gasteiger partial charge >= 0.3 is 0 Å². The summed E-state index contributed by atoms with van der Waals surface area (Å²) < 4.78 is 12.1. The fourth-order valence-electron chi connectivity index (χ4n) is 10.3. The molecule has 366 valence electrons. The largest absolute Gasteiger partial charge is 0.489 e. The molecule has 0 bridgehead atoms. The number of ether oxygens (including phenoxy) is 2. The zero-order valence-electron chi connectivity index (χ0n) is 40.8. The molecule has 2 fully saturated rings. The number of benzene rings is 2. The van der Waals surface area contributed by atoms with E-state index in [4.69, 9.17) is 21.1 Å². The van der Waals surface area contributed by atoms with E-state index in [2.05, 4.69) is 72.2 Å². The predicted molar refractivity (Wildman–Crippen MR) is 267 cm³/mol. The van der Waals surface area contributed by atoms with Crippen LogP contribution in [-0.4, -0.2) is 84.2 Å². The number of nitrogens with zero attached hydrogens (tertiary/aromatic N) is 2. The Bertz CT molecular complexity index is 2380. The number of carbonyl (C=O) groups excluding carboxylic acids is 4. The van der Waals surface area contributed by atoms with Crippen LogP contribution in [0.25, 0.3) is 5.57 Å². The van der Waals surface area contributed by atoms with Crippen molar-refractivity contribution < 1.29 is 33.8 Å². The summed E-state index contributed by atoms with van der Waals surface area (Å²) in [7, 11) is 0. The van der Waals surface area contributed by atoms with Gasteiger partial charge in [0.2, 0.25) is 11.8 Å². The van der Waals surface area contributed by atoms with E-state index in [9.17, 15) is 29.5 Å². The number of nitrogens with one attached hydrogen (secondary N) is 4. The van der Waals surface area contributed by atoms with Crippen LogP contribution in [0.1, 0.15) is 126 Å². The summed E-state index contributed by atoms with van der Waals surface area (Å²) in [5.41, 5.74) is 5.78. The minimum absolute atomic E-state index is 0.107. The SMILES string of the molecule is Cc1ncsc1C1=CC=C(CNC(=O)[C@H]2CCC(C(=O)[C@@H](NC(=O)COCCCCNc3ccc(C(=O)NC4C(C)(C)C(Oc5ccc(C#N)c(Cl)c5)C4(C)C)cc3)C(C)(C)C)C[C@H](O)C2)CC1. The number of aliphatic hydroxyl groups is 1. The molecular weight excluding hydrogens is 900 g/mol. The quantitative estimate of drug-likeness (QED) is 0.0572. The monoisotopic (exact) mass is 968 g/mol. The van der Waals surface area contributed by atoms with Crippen LogP contribution in [0, 0.1) is 46.3 Å². The summed E-state index contributed by atoms with van der Waals surface area (Å²) in [5, 5.41) is 33.1. The number of amides is 3. The number of hydrogen-bond donors (Lipinski definition) is 5. The molecular formula is C53H69ClN6O7S. The van der Waals surface area contributed by atoms with Gasteiger partial charge in [-0.15, -0.1) is 11.3 Å². The Morgan fingerprint density at radius 3 is 2.32 bits per heavy atom. The van der Waals surface area contributed by atoms with Crippen LogP contribution in [0.15, 0.2) is 65.7 Å². The number of aryl methyl sites for hydroxylation is 1. The fourth-order valence-corrected chi connectivity index (χ4v) is 11.4.